The molecule has 0 aliphatic heterocycles. The number of aliphatic imine (C=N–C) groups is 1. The summed E-state index contributed by atoms with van der Waals surface area (Å²) in [5.41, 5.74) is -0.171. The first kappa shape index (κ1) is 14.3. The van der Waals surface area contributed by atoms with Crippen LogP contribution in [0.5, 0.6) is 0 Å². The third kappa shape index (κ3) is 3.89. The summed E-state index contributed by atoms with van der Waals surface area (Å²) in [6, 6.07) is 3.39. The zero-order valence-electron chi connectivity index (χ0n) is 10.9. The van der Waals surface area contributed by atoms with Crippen molar-refractivity contribution in [1.82, 2.24) is 14.9 Å². The second kappa shape index (κ2) is 6.86. The number of carbonyl (C=O) groups is 1. The fourth-order valence-corrected chi connectivity index (χ4v) is 1.13. The molecular formula is C12H13N5O2. The van der Waals surface area contributed by atoms with Gasteiger partial charge in [-0.1, -0.05) is 0 Å². The molecule has 1 heterocycles. The molecule has 98 valence electrons. The van der Waals surface area contributed by atoms with Gasteiger partial charge >= 0.3 is 5.97 Å². The molecule has 1 aromatic rings. The third-order valence-corrected chi connectivity index (χ3v) is 1.93. The van der Waals surface area contributed by atoms with E-state index in [0.29, 0.717) is 0 Å². The van der Waals surface area contributed by atoms with Gasteiger partial charge in [0.2, 0.25) is 0 Å². The molecule has 0 aliphatic carbocycles. The molecular weight excluding hydrogens is 246 g/mol. The first-order chi connectivity index (χ1) is 9.10. The molecule has 0 spiro atoms. The number of methoxy groups -OCH3 is 1. The van der Waals surface area contributed by atoms with Crippen molar-refractivity contribution >= 4 is 18.0 Å². The molecule has 7 nitrogen and oxygen atoms in total. The Balaban J connectivity index is 3.38. The minimum absolute atomic E-state index is 0.0728. The van der Waals surface area contributed by atoms with E-state index in [1.165, 1.54) is 25.8 Å². The average Bonchev–Trinajstić information content (AvgIpc) is 2.43. The zero-order chi connectivity index (χ0) is 14.3. The summed E-state index contributed by atoms with van der Waals surface area (Å²) >= 11 is 0. The topological polar surface area (TPSA) is 91.5 Å². The van der Waals surface area contributed by atoms with Gasteiger partial charge in [-0.25, -0.2) is 19.8 Å². The predicted octanol–water partition coefficient (Wildman–Crippen LogP) is 0.474. The van der Waals surface area contributed by atoms with Crippen LogP contribution in [0, 0.1) is 11.3 Å². The van der Waals surface area contributed by atoms with Gasteiger partial charge in [0.15, 0.2) is 11.4 Å². The number of aromatic nitrogens is 2. The van der Waals surface area contributed by atoms with Gasteiger partial charge in [0.05, 0.1) is 13.4 Å². The van der Waals surface area contributed by atoms with Gasteiger partial charge in [-0.15, -0.1) is 0 Å². The molecule has 0 N–H and O–H groups in total. The summed E-state index contributed by atoms with van der Waals surface area (Å²) in [7, 11) is 4.72. The van der Waals surface area contributed by atoms with Gasteiger partial charge in [0.1, 0.15) is 11.8 Å². The molecule has 0 fully saturated rings. The number of rotatable bonds is 4. The van der Waals surface area contributed by atoms with Crippen LogP contribution in [0.3, 0.4) is 0 Å². The Morgan fingerprint density at radius 3 is 2.58 bits per heavy atom. The van der Waals surface area contributed by atoms with Crippen molar-refractivity contribution in [2.24, 2.45) is 4.99 Å². The van der Waals surface area contributed by atoms with E-state index in [9.17, 15) is 4.79 Å². The lowest BCUT2D eigenvalue weighted by Crippen LogP contribution is -2.10. The number of hydrogen-bond donors (Lipinski definition) is 0. The summed E-state index contributed by atoms with van der Waals surface area (Å²) in [6.07, 6.45) is 4.45. The van der Waals surface area contributed by atoms with Gasteiger partial charge in [0, 0.05) is 26.5 Å². The minimum atomic E-state index is -0.777. The summed E-state index contributed by atoms with van der Waals surface area (Å²) < 4.78 is 4.55. The van der Waals surface area contributed by atoms with Crippen LogP contribution in [-0.2, 0) is 9.53 Å². The van der Waals surface area contributed by atoms with Crippen LogP contribution >= 0.6 is 0 Å². The van der Waals surface area contributed by atoms with E-state index >= 15 is 0 Å². The molecule has 0 radical (unpaired) electrons. The number of hydrogen-bond acceptors (Lipinski definition) is 6. The smallest absolute Gasteiger partial charge is 0.351 e. The monoisotopic (exact) mass is 259 g/mol. The lowest BCUT2D eigenvalue weighted by Gasteiger charge is -2.06. The molecule has 0 unspecified atom stereocenters. The van der Waals surface area contributed by atoms with Gasteiger partial charge < -0.3 is 9.64 Å². The number of nitriles is 1. The molecule has 1 aromatic heterocycles. The van der Waals surface area contributed by atoms with Crippen LogP contribution in [0.1, 0.15) is 5.82 Å². The molecule has 1 rings (SSSR count). The lowest BCUT2D eigenvalue weighted by molar-refractivity contribution is -0.135. The van der Waals surface area contributed by atoms with Crippen molar-refractivity contribution in [1.29, 1.82) is 5.26 Å². The molecule has 0 aromatic carbocycles. The Hall–Kier alpha value is -2.75. The minimum Gasteiger partial charge on any atom is -0.465 e. The van der Waals surface area contributed by atoms with Crippen molar-refractivity contribution in [2.75, 3.05) is 21.2 Å². The zero-order valence-corrected chi connectivity index (χ0v) is 10.9. The van der Waals surface area contributed by atoms with Crippen LogP contribution < -0.4 is 0 Å². The highest BCUT2D eigenvalue weighted by molar-refractivity contribution is 6.01. The summed E-state index contributed by atoms with van der Waals surface area (Å²) in [4.78, 5) is 25.2. The molecule has 0 saturated carbocycles. The molecule has 0 bridgehead atoms. The fourth-order valence-electron chi connectivity index (χ4n) is 1.13. The van der Waals surface area contributed by atoms with Crippen molar-refractivity contribution in [3.8, 4) is 6.07 Å². The Morgan fingerprint density at radius 1 is 1.47 bits per heavy atom. The summed E-state index contributed by atoms with van der Waals surface area (Å²) in [5.74, 6) is -0.594. The van der Waals surface area contributed by atoms with Crippen LogP contribution in [0.2, 0.25) is 0 Å². The largest absolute Gasteiger partial charge is 0.465 e. The van der Waals surface area contributed by atoms with Crippen LogP contribution in [0.25, 0.3) is 5.70 Å². The van der Waals surface area contributed by atoms with Crippen LogP contribution in [0.4, 0.5) is 0 Å². The molecule has 7 heteroatoms. The van der Waals surface area contributed by atoms with E-state index in [1.54, 1.807) is 31.1 Å². The second-order valence-corrected chi connectivity index (χ2v) is 3.61. The molecule has 0 saturated heterocycles. The van der Waals surface area contributed by atoms with E-state index in [-0.39, 0.29) is 17.1 Å². The molecule has 0 amide bonds. The Labute approximate surface area is 110 Å². The third-order valence-electron chi connectivity index (χ3n) is 1.93. The molecule has 0 aliphatic rings. The first-order valence-corrected chi connectivity index (χ1v) is 5.30. The maximum absolute atomic E-state index is 11.6. The van der Waals surface area contributed by atoms with Gasteiger partial charge in [-0.05, 0) is 6.07 Å². The summed E-state index contributed by atoms with van der Waals surface area (Å²) in [6.45, 7) is 0. The standard InChI is InChI=1S/C12H13N5O2/c1-17(2)8-16-10(9(7-13)12(18)19-3)11-14-5-4-6-15-11/h4-6,8H,1-3H3/b10-9-,16-8?. The SMILES string of the molecule is COC(=O)/C(C#N)=C(\N=CN(C)C)c1ncccn1. The highest BCUT2D eigenvalue weighted by Gasteiger charge is 2.18. The van der Waals surface area contributed by atoms with E-state index in [1.807, 2.05) is 0 Å². The fraction of sp³-hybridized carbons (Fsp3) is 0.250. The first-order valence-electron chi connectivity index (χ1n) is 5.30. The van der Waals surface area contributed by atoms with Crippen LogP contribution in [-0.4, -0.2) is 48.4 Å². The quantitative estimate of drug-likeness (QED) is 0.257. The number of esters is 1. The number of nitrogens with zero attached hydrogens (tertiary/aromatic N) is 5. The average molecular weight is 259 g/mol. The number of ether oxygens (including phenoxy) is 1. The van der Waals surface area contributed by atoms with Crippen molar-refractivity contribution < 1.29 is 9.53 Å². The van der Waals surface area contributed by atoms with Gasteiger partial charge in [-0.2, -0.15) is 5.26 Å². The Bertz CT molecular complexity index is 543. The maximum Gasteiger partial charge on any atom is 0.351 e. The van der Waals surface area contributed by atoms with Crippen molar-refractivity contribution in [2.45, 2.75) is 0 Å². The lowest BCUT2D eigenvalue weighted by atomic mass is 10.2. The predicted molar refractivity (Wildman–Crippen MR) is 68.8 cm³/mol. The van der Waals surface area contributed by atoms with E-state index < -0.39 is 5.97 Å². The molecule has 19 heavy (non-hydrogen) atoms. The van der Waals surface area contributed by atoms with E-state index in [4.69, 9.17) is 5.26 Å². The Morgan fingerprint density at radius 2 is 2.11 bits per heavy atom. The van der Waals surface area contributed by atoms with Gasteiger partial charge in [-0.3, -0.25) is 0 Å². The van der Waals surface area contributed by atoms with Gasteiger partial charge in [0.25, 0.3) is 0 Å². The normalized spacial score (nSPS) is 11.7. The summed E-state index contributed by atoms with van der Waals surface area (Å²) in [5, 5.41) is 9.07. The van der Waals surface area contributed by atoms with Crippen molar-refractivity contribution in [3.05, 3.63) is 29.9 Å². The molecule has 0 atom stereocenters. The second-order valence-electron chi connectivity index (χ2n) is 3.61. The Kier molecular flexibility index (Phi) is 5.17. The number of carbonyl (C=O) groups excluding carboxylic acids is 1. The van der Waals surface area contributed by atoms with E-state index in [2.05, 4.69) is 19.7 Å². The van der Waals surface area contributed by atoms with Crippen LogP contribution in [0.15, 0.2) is 29.0 Å². The maximum atomic E-state index is 11.6. The highest BCUT2D eigenvalue weighted by Crippen LogP contribution is 2.16. The van der Waals surface area contributed by atoms with E-state index in [0.717, 1.165) is 0 Å². The van der Waals surface area contributed by atoms with Crippen molar-refractivity contribution in [3.63, 3.8) is 0 Å². The highest BCUT2D eigenvalue weighted by atomic mass is 16.5.